The van der Waals surface area contributed by atoms with Crippen LogP contribution in [0.25, 0.3) is 0 Å². The molecular weight excluding hydrogens is 361 g/mol. The minimum absolute atomic E-state index is 0.156. The van der Waals surface area contributed by atoms with Crippen molar-refractivity contribution in [2.75, 3.05) is 6.61 Å². The molecule has 2 aliphatic rings. The van der Waals surface area contributed by atoms with E-state index in [0.717, 1.165) is 31.2 Å². The lowest BCUT2D eigenvalue weighted by Gasteiger charge is -2.16. The Labute approximate surface area is 162 Å². The number of carbonyl (C=O) groups excluding carboxylic acids is 2. The summed E-state index contributed by atoms with van der Waals surface area (Å²) in [6, 6.07) is 7.69. The molecule has 146 valence electrons. The number of aromatic nitrogens is 1. The summed E-state index contributed by atoms with van der Waals surface area (Å²) in [5, 5.41) is 2.58. The first-order chi connectivity index (χ1) is 13.5. The second-order valence-corrected chi connectivity index (χ2v) is 7.48. The molecule has 0 unspecified atom stereocenters. The van der Waals surface area contributed by atoms with Gasteiger partial charge in [-0.05, 0) is 61.3 Å². The van der Waals surface area contributed by atoms with Gasteiger partial charge in [0.1, 0.15) is 17.6 Å². The van der Waals surface area contributed by atoms with Gasteiger partial charge >= 0.3 is 0 Å². The van der Waals surface area contributed by atoms with Crippen LogP contribution in [0.5, 0.6) is 5.88 Å². The Morgan fingerprint density at radius 1 is 1.14 bits per heavy atom. The van der Waals surface area contributed by atoms with E-state index in [1.54, 1.807) is 6.07 Å². The van der Waals surface area contributed by atoms with E-state index in [-0.39, 0.29) is 5.69 Å². The summed E-state index contributed by atoms with van der Waals surface area (Å²) in [7, 11) is 0. The molecule has 2 saturated carbocycles. The molecule has 4 rings (SSSR count). The predicted molar refractivity (Wildman–Crippen MR) is 100 cm³/mol. The lowest BCUT2D eigenvalue weighted by Crippen LogP contribution is -2.37. The molecule has 1 heterocycles. The molecule has 0 aliphatic heterocycles. The summed E-state index contributed by atoms with van der Waals surface area (Å²) in [4.78, 5) is 28.9. The molecule has 6 nitrogen and oxygen atoms in total. The Hall–Kier alpha value is -2.96. The van der Waals surface area contributed by atoms with Gasteiger partial charge in [-0.25, -0.2) is 9.37 Å². The zero-order chi connectivity index (χ0) is 19.7. The van der Waals surface area contributed by atoms with Crippen molar-refractivity contribution in [2.45, 2.75) is 37.6 Å². The van der Waals surface area contributed by atoms with Crippen LogP contribution in [0, 0.1) is 11.7 Å². The van der Waals surface area contributed by atoms with E-state index in [0.29, 0.717) is 29.9 Å². The number of benzene rings is 1. The number of nitrogens with zero attached hydrogens (tertiary/aromatic N) is 1. The number of pyridine rings is 1. The van der Waals surface area contributed by atoms with Gasteiger partial charge in [0.15, 0.2) is 0 Å². The van der Waals surface area contributed by atoms with Gasteiger partial charge in [0.2, 0.25) is 11.8 Å². The first-order valence-corrected chi connectivity index (χ1v) is 9.50. The largest absolute Gasteiger partial charge is 0.477 e. The molecular formula is C21H22FN3O3. The second kappa shape index (κ2) is 7.58. The number of amides is 2. The van der Waals surface area contributed by atoms with Crippen molar-refractivity contribution < 1.29 is 18.7 Å². The quantitative estimate of drug-likeness (QED) is 0.733. The fourth-order valence-electron chi connectivity index (χ4n) is 3.06. The highest BCUT2D eigenvalue weighted by molar-refractivity contribution is 5.96. The lowest BCUT2D eigenvalue weighted by molar-refractivity contribution is -0.120. The smallest absolute Gasteiger partial charge is 0.270 e. The van der Waals surface area contributed by atoms with Gasteiger partial charge < -0.3 is 15.8 Å². The summed E-state index contributed by atoms with van der Waals surface area (Å²) in [5.41, 5.74) is 7.02. The summed E-state index contributed by atoms with van der Waals surface area (Å²) < 4.78 is 19.0. The van der Waals surface area contributed by atoms with E-state index in [2.05, 4.69) is 10.3 Å². The van der Waals surface area contributed by atoms with Gasteiger partial charge in [-0.2, -0.15) is 0 Å². The van der Waals surface area contributed by atoms with Gasteiger partial charge in [-0.3, -0.25) is 9.59 Å². The minimum atomic E-state index is -1.08. The molecule has 1 aromatic heterocycles. The van der Waals surface area contributed by atoms with E-state index in [9.17, 15) is 14.0 Å². The maximum Gasteiger partial charge on any atom is 0.270 e. The Balaban J connectivity index is 1.53. The average Bonchev–Trinajstić information content (AvgIpc) is 3.58. The van der Waals surface area contributed by atoms with Crippen LogP contribution in [0.3, 0.4) is 0 Å². The van der Waals surface area contributed by atoms with Gasteiger partial charge in [0.25, 0.3) is 5.91 Å². The molecule has 3 N–H and O–H groups in total. The van der Waals surface area contributed by atoms with E-state index in [1.165, 1.54) is 24.3 Å². The van der Waals surface area contributed by atoms with Gasteiger partial charge in [0.05, 0.1) is 6.61 Å². The van der Waals surface area contributed by atoms with Gasteiger partial charge in [-0.1, -0.05) is 18.2 Å². The van der Waals surface area contributed by atoms with Crippen LogP contribution in [0.4, 0.5) is 4.39 Å². The highest BCUT2D eigenvalue weighted by Crippen LogP contribution is 2.44. The molecule has 2 fully saturated rings. The van der Waals surface area contributed by atoms with E-state index >= 15 is 0 Å². The maximum atomic E-state index is 13.1. The number of hydrogen-bond donors (Lipinski definition) is 2. The van der Waals surface area contributed by atoms with Crippen molar-refractivity contribution >= 4 is 11.8 Å². The summed E-state index contributed by atoms with van der Waals surface area (Å²) in [5.74, 6) is -0.195. The second-order valence-electron chi connectivity index (χ2n) is 7.48. The molecule has 0 radical (unpaired) electrons. The Morgan fingerprint density at radius 2 is 1.86 bits per heavy atom. The number of hydrogen-bond acceptors (Lipinski definition) is 4. The Kier molecular flexibility index (Phi) is 4.98. The fourth-order valence-corrected chi connectivity index (χ4v) is 3.06. The number of nitrogens with two attached hydrogens (primary N) is 1. The molecule has 2 aliphatic carbocycles. The molecule has 0 spiro atoms. The number of rotatable bonds is 8. The first-order valence-electron chi connectivity index (χ1n) is 9.50. The van der Waals surface area contributed by atoms with Crippen molar-refractivity contribution in [2.24, 2.45) is 11.7 Å². The van der Waals surface area contributed by atoms with Crippen molar-refractivity contribution in [3.05, 3.63) is 59.0 Å². The molecule has 1 atom stereocenters. The number of nitrogens with one attached hydrogen (secondary N) is 1. The topological polar surface area (TPSA) is 94.3 Å². The third kappa shape index (κ3) is 4.30. The number of primary amides is 1. The summed E-state index contributed by atoms with van der Waals surface area (Å²) in [6.45, 7) is 0.608. The highest BCUT2D eigenvalue weighted by atomic mass is 19.1. The normalized spacial score (nSPS) is 17.0. The van der Waals surface area contributed by atoms with Crippen LogP contribution in [0.1, 0.15) is 59.3 Å². The van der Waals surface area contributed by atoms with Crippen LogP contribution < -0.4 is 15.8 Å². The Bertz CT molecular complexity index is 892. The number of carbonyl (C=O) groups is 2. The van der Waals surface area contributed by atoms with E-state index in [1.807, 2.05) is 6.07 Å². The van der Waals surface area contributed by atoms with E-state index in [4.69, 9.17) is 10.5 Å². The number of ether oxygens (including phenoxy) is 1. The molecule has 1 aromatic carbocycles. The molecule has 2 aromatic rings. The standard InChI is InChI=1S/C21H22FN3O3/c22-15-7-5-14(6-8-15)18(19(23)26)25-20(27)17-10-9-16(13-3-4-13)21(24-17)28-11-12-1-2-12/h5-10,12-13,18H,1-4,11H2,(H2,23,26)(H,25,27)/t18-/m0/s1. The zero-order valence-corrected chi connectivity index (χ0v) is 15.4. The van der Waals surface area contributed by atoms with Crippen molar-refractivity contribution in [1.82, 2.24) is 10.3 Å². The monoisotopic (exact) mass is 383 g/mol. The van der Waals surface area contributed by atoms with Gasteiger partial charge in [-0.15, -0.1) is 0 Å². The predicted octanol–water partition coefficient (Wildman–Crippen LogP) is 2.84. The van der Waals surface area contributed by atoms with Crippen molar-refractivity contribution in [3.8, 4) is 5.88 Å². The van der Waals surface area contributed by atoms with Crippen LogP contribution in [-0.2, 0) is 4.79 Å². The molecule has 28 heavy (non-hydrogen) atoms. The average molecular weight is 383 g/mol. The Morgan fingerprint density at radius 3 is 2.46 bits per heavy atom. The van der Waals surface area contributed by atoms with Crippen molar-refractivity contribution in [3.63, 3.8) is 0 Å². The molecule has 7 heteroatoms. The third-order valence-corrected chi connectivity index (χ3v) is 5.06. The highest BCUT2D eigenvalue weighted by Gasteiger charge is 2.30. The molecule has 0 bridgehead atoms. The van der Waals surface area contributed by atoms with E-state index < -0.39 is 23.7 Å². The van der Waals surface area contributed by atoms with Crippen LogP contribution in [0.15, 0.2) is 36.4 Å². The minimum Gasteiger partial charge on any atom is -0.477 e. The summed E-state index contributed by atoms with van der Waals surface area (Å²) in [6.07, 6.45) is 4.52. The first kappa shape index (κ1) is 18.4. The SMILES string of the molecule is NC(=O)[C@@H](NC(=O)c1ccc(C2CC2)c(OCC2CC2)n1)c1ccc(F)cc1. The number of halogens is 1. The van der Waals surface area contributed by atoms with Gasteiger partial charge in [0, 0.05) is 5.56 Å². The lowest BCUT2D eigenvalue weighted by atomic mass is 10.1. The third-order valence-electron chi connectivity index (χ3n) is 5.06. The fraction of sp³-hybridized carbons (Fsp3) is 0.381. The molecule has 2 amide bonds. The maximum absolute atomic E-state index is 13.1. The summed E-state index contributed by atoms with van der Waals surface area (Å²) >= 11 is 0. The van der Waals surface area contributed by atoms with Crippen LogP contribution in [-0.4, -0.2) is 23.4 Å². The zero-order valence-electron chi connectivity index (χ0n) is 15.4. The van der Waals surface area contributed by atoms with Crippen LogP contribution >= 0.6 is 0 Å². The molecule has 0 saturated heterocycles. The van der Waals surface area contributed by atoms with Crippen molar-refractivity contribution in [1.29, 1.82) is 0 Å². The van der Waals surface area contributed by atoms with Crippen LogP contribution in [0.2, 0.25) is 0 Å².